The Hall–Kier alpha value is -4.84. The lowest BCUT2D eigenvalue weighted by Gasteiger charge is -2.31. The number of hydrogen-bond donors (Lipinski definition) is 4. The standard InChI is InChI=1S/C41H56N4O2/c1-9-15-19-42-29-33-25-37(26-34(30-43-20-16-10-2)39(33)46-23-13-5)41(7,8)38-27-35(31-44-21-17-11-3)40(47-24-14-6)36(28-38)32-45-22-18-12-4/h9-12,15-22,25-28,42-45H,1-4,13-14,23-24,29-32H2,5-8H3. The number of nitrogens with one attached hydrogen (secondary N) is 4. The van der Waals surface area contributed by atoms with Crippen LogP contribution in [0.25, 0.3) is 0 Å². The van der Waals surface area contributed by atoms with Gasteiger partial charge >= 0.3 is 0 Å². The van der Waals surface area contributed by atoms with E-state index in [0.717, 1.165) is 46.6 Å². The Labute approximate surface area is 284 Å². The molecule has 0 aliphatic carbocycles. The van der Waals surface area contributed by atoms with Gasteiger partial charge in [0.1, 0.15) is 11.5 Å². The van der Waals surface area contributed by atoms with E-state index in [0.29, 0.717) is 39.4 Å². The highest BCUT2D eigenvalue weighted by atomic mass is 16.5. The van der Waals surface area contributed by atoms with Gasteiger partial charge in [0.05, 0.1) is 13.2 Å². The van der Waals surface area contributed by atoms with Crippen LogP contribution in [0.5, 0.6) is 11.5 Å². The number of hydrogen-bond acceptors (Lipinski definition) is 6. The molecule has 0 atom stereocenters. The van der Waals surface area contributed by atoms with Crippen LogP contribution < -0.4 is 30.7 Å². The van der Waals surface area contributed by atoms with Gasteiger partial charge in [-0.2, -0.15) is 0 Å². The largest absolute Gasteiger partial charge is 0.493 e. The maximum absolute atomic E-state index is 6.40. The van der Waals surface area contributed by atoms with E-state index in [9.17, 15) is 0 Å². The highest BCUT2D eigenvalue weighted by Gasteiger charge is 2.28. The van der Waals surface area contributed by atoms with Gasteiger partial charge in [-0.25, -0.2) is 0 Å². The van der Waals surface area contributed by atoms with Crippen molar-refractivity contribution < 1.29 is 9.47 Å². The summed E-state index contributed by atoms with van der Waals surface area (Å²) in [4.78, 5) is 0. The zero-order valence-electron chi connectivity index (χ0n) is 29.0. The average Bonchev–Trinajstić information content (AvgIpc) is 3.07. The minimum Gasteiger partial charge on any atom is -0.493 e. The molecule has 6 nitrogen and oxygen atoms in total. The highest BCUT2D eigenvalue weighted by Crippen LogP contribution is 2.39. The Kier molecular flexibility index (Phi) is 17.8. The molecule has 47 heavy (non-hydrogen) atoms. The Morgan fingerprint density at radius 3 is 1.04 bits per heavy atom. The lowest BCUT2D eigenvalue weighted by molar-refractivity contribution is 0.309. The minimum atomic E-state index is -0.360. The second-order valence-electron chi connectivity index (χ2n) is 11.5. The second kappa shape index (κ2) is 21.8. The molecule has 0 heterocycles. The van der Waals surface area contributed by atoms with Crippen molar-refractivity contribution in [2.45, 2.75) is 72.1 Å². The van der Waals surface area contributed by atoms with Crippen LogP contribution in [0.15, 0.2) is 124 Å². The van der Waals surface area contributed by atoms with Crippen LogP contribution in [0.1, 0.15) is 73.9 Å². The first-order chi connectivity index (χ1) is 22.9. The van der Waals surface area contributed by atoms with Gasteiger partial charge < -0.3 is 30.7 Å². The van der Waals surface area contributed by atoms with Crippen LogP contribution in [0, 0.1) is 0 Å². The van der Waals surface area contributed by atoms with E-state index < -0.39 is 0 Å². The predicted octanol–water partition coefficient (Wildman–Crippen LogP) is 8.75. The van der Waals surface area contributed by atoms with Crippen LogP contribution in [-0.2, 0) is 31.6 Å². The first kappa shape index (κ1) is 38.3. The minimum absolute atomic E-state index is 0.360. The van der Waals surface area contributed by atoms with Gasteiger partial charge in [0.15, 0.2) is 0 Å². The third-order valence-electron chi connectivity index (χ3n) is 7.40. The predicted molar refractivity (Wildman–Crippen MR) is 201 cm³/mol. The van der Waals surface area contributed by atoms with E-state index in [-0.39, 0.29) is 5.41 Å². The topological polar surface area (TPSA) is 66.6 Å². The summed E-state index contributed by atoms with van der Waals surface area (Å²) >= 11 is 0. The summed E-state index contributed by atoms with van der Waals surface area (Å²) in [5, 5.41) is 13.7. The molecule has 6 heteroatoms. The maximum Gasteiger partial charge on any atom is 0.129 e. The summed E-state index contributed by atoms with van der Waals surface area (Å²) in [6.07, 6.45) is 24.1. The zero-order valence-corrected chi connectivity index (χ0v) is 29.0. The second-order valence-corrected chi connectivity index (χ2v) is 11.5. The van der Waals surface area contributed by atoms with Gasteiger partial charge in [-0.1, -0.05) is 78.3 Å². The Bertz CT molecular complexity index is 1220. The number of ether oxygens (including phenoxy) is 2. The zero-order chi connectivity index (χ0) is 34.3. The molecule has 0 fully saturated rings. The smallest absolute Gasteiger partial charge is 0.129 e. The molecular weight excluding hydrogens is 580 g/mol. The van der Waals surface area contributed by atoms with Gasteiger partial charge in [0.2, 0.25) is 0 Å². The van der Waals surface area contributed by atoms with E-state index in [2.05, 4.69) is 99.5 Å². The molecule has 0 spiro atoms. The molecule has 2 aromatic carbocycles. The van der Waals surface area contributed by atoms with Crippen LogP contribution in [0.2, 0.25) is 0 Å². The van der Waals surface area contributed by atoms with Crippen molar-refractivity contribution in [3.05, 3.63) is 157 Å². The van der Waals surface area contributed by atoms with E-state index in [4.69, 9.17) is 9.47 Å². The molecule has 0 saturated carbocycles. The molecule has 0 radical (unpaired) electrons. The average molecular weight is 637 g/mol. The lowest BCUT2D eigenvalue weighted by Crippen LogP contribution is -2.23. The molecule has 0 saturated heterocycles. The third-order valence-corrected chi connectivity index (χ3v) is 7.40. The SMILES string of the molecule is C=CC=CNCc1cc(C(C)(C)c2cc(CNC=CC=C)c(OCCC)c(CNC=CC=C)c2)cc(CNC=CC=C)c1OCCC. The van der Waals surface area contributed by atoms with Crippen molar-refractivity contribution in [3.8, 4) is 11.5 Å². The van der Waals surface area contributed by atoms with Crippen LogP contribution in [0.3, 0.4) is 0 Å². The van der Waals surface area contributed by atoms with E-state index in [1.165, 1.54) is 11.1 Å². The van der Waals surface area contributed by atoms with Crippen molar-refractivity contribution in [1.82, 2.24) is 21.3 Å². The van der Waals surface area contributed by atoms with Crippen molar-refractivity contribution in [2.75, 3.05) is 13.2 Å². The fourth-order valence-electron chi connectivity index (χ4n) is 4.92. The maximum atomic E-state index is 6.40. The summed E-state index contributed by atoms with van der Waals surface area (Å²) < 4.78 is 12.8. The molecular formula is C41H56N4O2. The first-order valence-electron chi connectivity index (χ1n) is 16.5. The third kappa shape index (κ3) is 12.5. The molecule has 0 amide bonds. The molecule has 2 rings (SSSR count). The fourth-order valence-corrected chi connectivity index (χ4v) is 4.92. The molecule has 0 aliphatic heterocycles. The van der Waals surface area contributed by atoms with E-state index in [1.807, 2.05) is 49.1 Å². The van der Waals surface area contributed by atoms with Crippen molar-refractivity contribution in [3.63, 3.8) is 0 Å². The van der Waals surface area contributed by atoms with Crippen molar-refractivity contribution in [1.29, 1.82) is 0 Å². The Balaban J connectivity index is 2.78. The van der Waals surface area contributed by atoms with Gasteiger partial charge in [-0.3, -0.25) is 0 Å². The summed E-state index contributed by atoms with van der Waals surface area (Å²) in [6.45, 7) is 27.7. The normalized spacial score (nSPS) is 11.7. The lowest BCUT2D eigenvalue weighted by atomic mass is 9.75. The Morgan fingerprint density at radius 1 is 0.532 bits per heavy atom. The molecule has 0 aromatic heterocycles. The first-order valence-corrected chi connectivity index (χ1v) is 16.5. The van der Waals surface area contributed by atoms with Crippen molar-refractivity contribution >= 4 is 0 Å². The molecule has 2 aromatic rings. The van der Waals surface area contributed by atoms with Gasteiger partial charge in [0.25, 0.3) is 0 Å². The molecule has 4 N–H and O–H groups in total. The van der Waals surface area contributed by atoms with E-state index in [1.54, 1.807) is 24.3 Å². The fraction of sp³-hybridized carbons (Fsp3) is 0.317. The van der Waals surface area contributed by atoms with Crippen LogP contribution >= 0.6 is 0 Å². The van der Waals surface area contributed by atoms with Gasteiger partial charge in [-0.05, 0) is 97.3 Å². The quantitative estimate of drug-likeness (QED) is 0.0865. The molecule has 0 unspecified atom stereocenters. The molecule has 0 aliphatic rings. The van der Waals surface area contributed by atoms with E-state index >= 15 is 0 Å². The summed E-state index contributed by atoms with van der Waals surface area (Å²) in [5.74, 6) is 1.82. The molecule has 0 bridgehead atoms. The Morgan fingerprint density at radius 2 is 0.809 bits per heavy atom. The number of benzene rings is 2. The van der Waals surface area contributed by atoms with Crippen LogP contribution in [-0.4, -0.2) is 13.2 Å². The summed E-state index contributed by atoms with van der Waals surface area (Å²) in [6, 6.07) is 9.11. The van der Waals surface area contributed by atoms with Gasteiger partial charge in [0, 0.05) is 53.8 Å². The monoisotopic (exact) mass is 636 g/mol. The number of allylic oxidation sites excluding steroid dienone is 8. The van der Waals surface area contributed by atoms with Crippen LogP contribution in [0.4, 0.5) is 0 Å². The van der Waals surface area contributed by atoms with Crippen molar-refractivity contribution in [2.24, 2.45) is 0 Å². The molecule has 252 valence electrons. The summed E-state index contributed by atoms with van der Waals surface area (Å²) in [7, 11) is 0. The number of rotatable bonds is 24. The highest BCUT2D eigenvalue weighted by molar-refractivity contribution is 5.53. The summed E-state index contributed by atoms with van der Waals surface area (Å²) in [5.41, 5.74) is 6.40. The van der Waals surface area contributed by atoms with Gasteiger partial charge in [-0.15, -0.1) is 0 Å².